The second-order valence-corrected chi connectivity index (χ2v) is 10.8. The minimum absolute atomic E-state index is 0.740. The summed E-state index contributed by atoms with van der Waals surface area (Å²) < 4.78 is 2.39. The van der Waals surface area contributed by atoms with E-state index in [1.165, 1.54) is 54.5 Å². The molecule has 7 aromatic carbocycles. The van der Waals surface area contributed by atoms with E-state index >= 15 is 0 Å². The molecule has 0 saturated heterocycles. The molecule has 8 rings (SSSR count). The molecule has 0 bridgehead atoms. The van der Waals surface area contributed by atoms with Crippen LogP contribution in [0, 0.1) is 0 Å². The molecule has 0 aliphatic rings. The number of aromatic nitrogens is 1. The van der Waals surface area contributed by atoms with Crippen molar-refractivity contribution in [3.8, 4) is 27.9 Å². The van der Waals surface area contributed by atoms with Gasteiger partial charge >= 0.3 is 0 Å². The normalized spacial score (nSPS) is 11.6. The van der Waals surface area contributed by atoms with Crippen LogP contribution >= 0.6 is 11.6 Å². The van der Waals surface area contributed by atoms with Gasteiger partial charge in [0.15, 0.2) is 0 Å². The highest BCUT2D eigenvalue weighted by molar-refractivity contribution is 6.30. The van der Waals surface area contributed by atoms with Crippen molar-refractivity contribution < 1.29 is 0 Å². The summed E-state index contributed by atoms with van der Waals surface area (Å²) in [5, 5.41) is 8.31. The summed E-state index contributed by atoms with van der Waals surface area (Å²) in [5.74, 6) is 0. The summed E-state index contributed by atoms with van der Waals surface area (Å²) >= 11 is 6.27. The summed E-state index contributed by atoms with van der Waals surface area (Å²) in [5.41, 5.74) is 8.21. The molecule has 0 amide bonds. The molecule has 2 heteroatoms. The summed E-state index contributed by atoms with van der Waals surface area (Å²) in [6, 6.07) is 52.3. The van der Waals surface area contributed by atoms with Crippen LogP contribution in [0.1, 0.15) is 0 Å². The lowest BCUT2D eigenvalue weighted by Crippen LogP contribution is -1.96. The average molecular weight is 530 g/mol. The Morgan fingerprint density at radius 3 is 1.60 bits per heavy atom. The maximum Gasteiger partial charge on any atom is 0.0541 e. The maximum atomic E-state index is 6.27. The SMILES string of the molecule is Clc1ccc(-c2cc(-c3ccc4ccc5ccccc5c4c3)cc(-n3c4ccccc4c4ccccc43)c2)cc1. The molecule has 0 fully saturated rings. The zero-order chi connectivity index (χ0) is 26.6. The molecule has 188 valence electrons. The Bertz CT molecular complexity index is 2170. The third-order valence-corrected chi connectivity index (χ3v) is 8.27. The highest BCUT2D eigenvalue weighted by Crippen LogP contribution is 2.37. The Hall–Kier alpha value is -4.85. The number of hydrogen-bond donors (Lipinski definition) is 0. The minimum atomic E-state index is 0.740. The zero-order valence-corrected chi connectivity index (χ0v) is 22.4. The van der Waals surface area contributed by atoms with Gasteiger partial charge in [0.25, 0.3) is 0 Å². The lowest BCUT2D eigenvalue weighted by Gasteiger charge is -2.15. The number of hydrogen-bond acceptors (Lipinski definition) is 0. The van der Waals surface area contributed by atoms with Crippen molar-refractivity contribution in [2.75, 3.05) is 0 Å². The van der Waals surface area contributed by atoms with Gasteiger partial charge in [-0.25, -0.2) is 0 Å². The van der Waals surface area contributed by atoms with Crippen LogP contribution in [0.3, 0.4) is 0 Å². The Morgan fingerprint density at radius 1 is 0.375 bits per heavy atom. The minimum Gasteiger partial charge on any atom is -0.309 e. The van der Waals surface area contributed by atoms with E-state index in [0.29, 0.717) is 0 Å². The Labute approximate surface area is 237 Å². The van der Waals surface area contributed by atoms with Crippen LogP contribution in [-0.2, 0) is 0 Å². The predicted octanol–water partition coefficient (Wildman–Crippen LogP) is 11.1. The molecule has 8 aromatic rings. The van der Waals surface area contributed by atoms with Gasteiger partial charge in [0, 0.05) is 21.5 Å². The van der Waals surface area contributed by atoms with Crippen LogP contribution in [0.2, 0.25) is 5.02 Å². The van der Waals surface area contributed by atoms with Gasteiger partial charge in [-0.1, -0.05) is 109 Å². The van der Waals surface area contributed by atoms with Crippen molar-refractivity contribution in [1.82, 2.24) is 4.57 Å². The second kappa shape index (κ2) is 9.12. The molecule has 0 atom stereocenters. The van der Waals surface area contributed by atoms with Gasteiger partial charge in [0.1, 0.15) is 0 Å². The molecule has 1 aromatic heterocycles. The summed E-state index contributed by atoms with van der Waals surface area (Å²) in [7, 11) is 0. The molecule has 0 N–H and O–H groups in total. The molecule has 1 heterocycles. The van der Waals surface area contributed by atoms with E-state index in [1.807, 2.05) is 12.1 Å². The largest absolute Gasteiger partial charge is 0.309 e. The quantitative estimate of drug-likeness (QED) is 0.200. The average Bonchev–Trinajstić information content (AvgIpc) is 3.35. The topological polar surface area (TPSA) is 4.93 Å². The van der Waals surface area contributed by atoms with Crippen LogP contribution in [0.4, 0.5) is 0 Å². The first-order valence-electron chi connectivity index (χ1n) is 13.5. The molecular weight excluding hydrogens is 506 g/mol. The Balaban J connectivity index is 1.43. The number of halogens is 1. The van der Waals surface area contributed by atoms with Gasteiger partial charge in [-0.3, -0.25) is 0 Å². The smallest absolute Gasteiger partial charge is 0.0541 e. The number of para-hydroxylation sites is 2. The van der Waals surface area contributed by atoms with Gasteiger partial charge in [-0.2, -0.15) is 0 Å². The lowest BCUT2D eigenvalue weighted by molar-refractivity contribution is 1.18. The van der Waals surface area contributed by atoms with E-state index in [2.05, 4.69) is 138 Å². The fourth-order valence-corrected chi connectivity index (χ4v) is 6.22. The Morgan fingerprint density at radius 2 is 0.900 bits per heavy atom. The van der Waals surface area contributed by atoms with Crippen LogP contribution in [0.5, 0.6) is 0 Å². The standard InChI is InChI=1S/C38H24ClN/c39-31-19-17-25(18-20-31)29-21-30(28-16-15-27-14-13-26-7-1-2-8-33(26)36(27)24-28)23-32(22-29)40-37-11-5-3-9-34(37)35-10-4-6-12-38(35)40/h1-24H. The molecule has 0 spiro atoms. The van der Waals surface area contributed by atoms with Crippen LogP contribution in [0.15, 0.2) is 146 Å². The molecule has 0 radical (unpaired) electrons. The van der Waals surface area contributed by atoms with E-state index in [4.69, 9.17) is 11.6 Å². The predicted molar refractivity (Wildman–Crippen MR) is 172 cm³/mol. The van der Waals surface area contributed by atoms with Crippen LogP contribution in [-0.4, -0.2) is 4.57 Å². The van der Waals surface area contributed by atoms with Crippen molar-refractivity contribution in [3.05, 3.63) is 151 Å². The maximum absolute atomic E-state index is 6.27. The van der Waals surface area contributed by atoms with Gasteiger partial charge in [0.2, 0.25) is 0 Å². The zero-order valence-electron chi connectivity index (χ0n) is 21.7. The van der Waals surface area contributed by atoms with Crippen molar-refractivity contribution in [2.24, 2.45) is 0 Å². The van der Waals surface area contributed by atoms with Gasteiger partial charge < -0.3 is 4.57 Å². The highest BCUT2D eigenvalue weighted by atomic mass is 35.5. The van der Waals surface area contributed by atoms with E-state index < -0.39 is 0 Å². The summed E-state index contributed by atoms with van der Waals surface area (Å²) in [4.78, 5) is 0. The van der Waals surface area contributed by atoms with Gasteiger partial charge in [0.05, 0.1) is 11.0 Å². The molecule has 0 aliphatic heterocycles. The second-order valence-electron chi connectivity index (χ2n) is 10.4. The number of nitrogens with zero attached hydrogens (tertiary/aromatic N) is 1. The monoisotopic (exact) mass is 529 g/mol. The van der Waals surface area contributed by atoms with E-state index in [9.17, 15) is 0 Å². The number of rotatable bonds is 3. The van der Waals surface area contributed by atoms with Gasteiger partial charge in [-0.15, -0.1) is 0 Å². The molecule has 1 nitrogen and oxygen atoms in total. The highest BCUT2D eigenvalue weighted by Gasteiger charge is 2.14. The molecule has 0 unspecified atom stereocenters. The first kappa shape index (κ1) is 23.1. The van der Waals surface area contributed by atoms with Crippen LogP contribution < -0.4 is 0 Å². The van der Waals surface area contributed by atoms with Crippen LogP contribution in [0.25, 0.3) is 71.3 Å². The number of fused-ring (bicyclic) bond motifs is 6. The van der Waals surface area contributed by atoms with Crippen molar-refractivity contribution in [2.45, 2.75) is 0 Å². The Kier molecular flexibility index (Phi) is 5.26. The van der Waals surface area contributed by atoms with Crippen molar-refractivity contribution in [3.63, 3.8) is 0 Å². The first-order valence-corrected chi connectivity index (χ1v) is 13.9. The van der Waals surface area contributed by atoms with Gasteiger partial charge in [-0.05, 0) is 92.3 Å². The van der Waals surface area contributed by atoms with E-state index in [0.717, 1.165) is 21.8 Å². The van der Waals surface area contributed by atoms with Crippen molar-refractivity contribution in [1.29, 1.82) is 0 Å². The molecule has 0 saturated carbocycles. The van der Waals surface area contributed by atoms with E-state index in [1.54, 1.807) is 0 Å². The fraction of sp³-hybridized carbons (Fsp3) is 0. The fourth-order valence-electron chi connectivity index (χ4n) is 6.10. The molecule has 40 heavy (non-hydrogen) atoms. The molecule has 0 aliphatic carbocycles. The summed E-state index contributed by atoms with van der Waals surface area (Å²) in [6.07, 6.45) is 0. The number of benzene rings is 7. The summed E-state index contributed by atoms with van der Waals surface area (Å²) in [6.45, 7) is 0. The van der Waals surface area contributed by atoms with Crippen molar-refractivity contribution >= 4 is 55.0 Å². The third kappa shape index (κ3) is 3.71. The molecular formula is C38H24ClN. The first-order chi connectivity index (χ1) is 19.7. The van der Waals surface area contributed by atoms with E-state index in [-0.39, 0.29) is 0 Å². The lowest BCUT2D eigenvalue weighted by atomic mass is 9.94. The third-order valence-electron chi connectivity index (χ3n) is 8.01.